The van der Waals surface area contributed by atoms with E-state index in [9.17, 15) is 4.79 Å². The summed E-state index contributed by atoms with van der Waals surface area (Å²) in [7, 11) is 3.08. The van der Waals surface area contributed by atoms with E-state index in [0.29, 0.717) is 33.1 Å². The van der Waals surface area contributed by atoms with Crippen molar-refractivity contribution in [3.05, 3.63) is 40.5 Å². The fourth-order valence-corrected chi connectivity index (χ4v) is 5.32. The van der Waals surface area contributed by atoms with Gasteiger partial charge in [-0.05, 0) is 36.5 Å². The Kier molecular flexibility index (Phi) is 8.40. The molecule has 1 aliphatic rings. The fraction of sp³-hybridized carbons (Fsp3) is 0.370. The molecular weight excluding hydrogens is 499 g/mol. The molecular formula is C27H28Cl2N4O3. The topological polar surface area (TPSA) is 85.4 Å². The first-order valence-electron chi connectivity index (χ1n) is 11.9. The lowest BCUT2D eigenvalue weighted by Crippen LogP contribution is -2.47. The molecule has 188 valence electrons. The van der Waals surface area contributed by atoms with Gasteiger partial charge in [-0.3, -0.25) is 4.79 Å². The lowest BCUT2D eigenvalue weighted by Gasteiger charge is -2.30. The minimum absolute atomic E-state index is 0.0128. The monoisotopic (exact) mass is 526 g/mol. The number of anilines is 1. The molecule has 4 rings (SSSR count). The van der Waals surface area contributed by atoms with Crippen LogP contribution < -0.4 is 20.1 Å². The molecule has 0 radical (unpaired) electrons. The van der Waals surface area contributed by atoms with Gasteiger partial charge in [0, 0.05) is 35.3 Å². The van der Waals surface area contributed by atoms with Crippen molar-refractivity contribution in [2.75, 3.05) is 19.5 Å². The Morgan fingerprint density at radius 2 is 1.69 bits per heavy atom. The second-order valence-corrected chi connectivity index (χ2v) is 9.47. The van der Waals surface area contributed by atoms with E-state index in [1.54, 1.807) is 26.5 Å². The van der Waals surface area contributed by atoms with Crippen LogP contribution in [0.5, 0.6) is 11.5 Å². The number of rotatable bonds is 6. The molecule has 0 bridgehead atoms. The van der Waals surface area contributed by atoms with E-state index in [2.05, 4.69) is 21.5 Å². The van der Waals surface area contributed by atoms with Gasteiger partial charge in [-0.2, -0.15) is 0 Å². The van der Waals surface area contributed by atoms with Gasteiger partial charge in [-0.1, -0.05) is 55.0 Å². The molecule has 1 unspecified atom stereocenters. The molecule has 36 heavy (non-hydrogen) atoms. The van der Waals surface area contributed by atoms with Gasteiger partial charge >= 0.3 is 0 Å². The first-order chi connectivity index (χ1) is 17.4. The number of ether oxygens (including phenoxy) is 2. The van der Waals surface area contributed by atoms with Crippen molar-refractivity contribution >= 4 is 46.0 Å². The largest absolute Gasteiger partial charge is 0.495 e. The van der Waals surface area contributed by atoms with Crippen molar-refractivity contribution in [3.8, 4) is 35.0 Å². The number of nitrogens with one attached hydrogen (secondary N) is 2. The standard InChI is InChI=1S/C27H28Cl2N4O3/c1-4-23(34)31-19-9-7-5-6-8-10-20(19)33-27-30-15-17-13-16(11-12-18(17)32-27)24-25(28)21(35-2)14-22(36-3)26(24)29/h1,11-15,19-20H,5-10H2,2-3H3,(H,31,34)(H,30,32,33)/t19-,20?/m1/s1. The first-order valence-corrected chi connectivity index (χ1v) is 12.6. The van der Waals surface area contributed by atoms with Gasteiger partial charge in [0.2, 0.25) is 5.95 Å². The van der Waals surface area contributed by atoms with Crippen LogP contribution in [0.15, 0.2) is 30.5 Å². The van der Waals surface area contributed by atoms with Gasteiger partial charge in [0.05, 0.1) is 29.8 Å². The van der Waals surface area contributed by atoms with E-state index in [-0.39, 0.29) is 12.1 Å². The van der Waals surface area contributed by atoms with Gasteiger partial charge in [0.1, 0.15) is 11.5 Å². The number of benzene rings is 2. The number of aromatic nitrogens is 2. The summed E-state index contributed by atoms with van der Waals surface area (Å²) in [5.41, 5.74) is 2.16. The molecule has 0 aliphatic heterocycles. The Morgan fingerprint density at radius 1 is 1.03 bits per heavy atom. The van der Waals surface area contributed by atoms with Gasteiger partial charge < -0.3 is 20.1 Å². The molecule has 0 spiro atoms. The maximum atomic E-state index is 11.9. The maximum Gasteiger partial charge on any atom is 0.295 e. The SMILES string of the molecule is C#CC(=O)N[C@@H]1CCCCCCC1Nc1ncc2cc(-c3c(Cl)c(OC)cc(OC)c3Cl)ccc2n1. The van der Waals surface area contributed by atoms with Crippen LogP contribution >= 0.6 is 23.2 Å². The van der Waals surface area contributed by atoms with Crippen LogP contribution in [0.4, 0.5) is 5.95 Å². The summed E-state index contributed by atoms with van der Waals surface area (Å²) < 4.78 is 10.8. The predicted molar refractivity (Wildman–Crippen MR) is 144 cm³/mol. The second kappa shape index (κ2) is 11.7. The molecule has 1 fully saturated rings. The molecule has 3 aromatic rings. The van der Waals surface area contributed by atoms with E-state index < -0.39 is 5.91 Å². The summed E-state index contributed by atoms with van der Waals surface area (Å²) in [5.74, 6) is 3.19. The number of methoxy groups -OCH3 is 2. The minimum atomic E-state index is -0.397. The average molecular weight is 527 g/mol. The highest BCUT2D eigenvalue weighted by Gasteiger charge is 2.25. The first kappa shape index (κ1) is 25.9. The number of fused-ring (bicyclic) bond motifs is 1. The third kappa shape index (κ3) is 5.61. The van der Waals surface area contributed by atoms with Crippen LogP contribution in [0.25, 0.3) is 22.0 Å². The Labute approximate surface area is 220 Å². The molecule has 1 aliphatic carbocycles. The summed E-state index contributed by atoms with van der Waals surface area (Å²) in [6.07, 6.45) is 13.2. The Morgan fingerprint density at radius 3 is 2.33 bits per heavy atom. The lowest BCUT2D eigenvalue weighted by molar-refractivity contribution is -0.116. The molecule has 0 saturated heterocycles. The van der Waals surface area contributed by atoms with Crippen molar-refractivity contribution in [3.63, 3.8) is 0 Å². The molecule has 1 amide bonds. The smallest absolute Gasteiger partial charge is 0.295 e. The van der Waals surface area contributed by atoms with E-state index in [1.807, 2.05) is 18.2 Å². The van der Waals surface area contributed by atoms with Gasteiger partial charge in [-0.15, -0.1) is 6.42 Å². The van der Waals surface area contributed by atoms with Crippen LogP contribution in [0.2, 0.25) is 10.0 Å². The Hall–Kier alpha value is -3.21. The zero-order chi connectivity index (χ0) is 25.7. The van der Waals surface area contributed by atoms with Gasteiger partial charge in [0.15, 0.2) is 0 Å². The zero-order valence-corrected chi connectivity index (χ0v) is 21.7. The van der Waals surface area contributed by atoms with E-state index in [0.717, 1.165) is 55.0 Å². The van der Waals surface area contributed by atoms with E-state index in [1.165, 1.54) is 0 Å². The number of terminal acetylenes is 1. The van der Waals surface area contributed by atoms with Crippen molar-refractivity contribution in [1.82, 2.24) is 15.3 Å². The van der Waals surface area contributed by atoms with E-state index >= 15 is 0 Å². The summed E-state index contributed by atoms with van der Waals surface area (Å²) in [6, 6.07) is 7.29. The Bertz CT molecular complexity index is 1280. The molecule has 9 heteroatoms. The van der Waals surface area contributed by atoms with Crippen molar-refractivity contribution < 1.29 is 14.3 Å². The number of carbonyl (C=O) groups excluding carboxylic acids is 1. The molecule has 2 aromatic carbocycles. The number of amides is 1. The summed E-state index contributed by atoms with van der Waals surface area (Å²) >= 11 is 13.2. The van der Waals surface area contributed by atoms with Crippen molar-refractivity contribution in [2.45, 2.75) is 50.6 Å². The number of nitrogens with zero attached hydrogens (tertiary/aromatic N) is 2. The average Bonchev–Trinajstić information content (AvgIpc) is 2.88. The molecule has 2 N–H and O–H groups in total. The molecule has 7 nitrogen and oxygen atoms in total. The zero-order valence-electron chi connectivity index (χ0n) is 20.2. The lowest BCUT2D eigenvalue weighted by atomic mass is 9.92. The highest BCUT2D eigenvalue weighted by molar-refractivity contribution is 6.41. The number of hydrogen-bond donors (Lipinski definition) is 2. The van der Waals surface area contributed by atoms with Crippen LogP contribution in [0.3, 0.4) is 0 Å². The molecule has 1 saturated carbocycles. The minimum Gasteiger partial charge on any atom is -0.495 e. The maximum absolute atomic E-state index is 11.9. The third-order valence-corrected chi connectivity index (χ3v) is 7.22. The van der Waals surface area contributed by atoms with Crippen molar-refractivity contribution in [2.24, 2.45) is 0 Å². The third-order valence-electron chi connectivity index (χ3n) is 6.47. The fourth-order valence-electron chi connectivity index (χ4n) is 4.60. The highest BCUT2D eigenvalue weighted by Crippen LogP contribution is 2.46. The van der Waals surface area contributed by atoms with E-state index in [4.69, 9.17) is 44.1 Å². The second-order valence-electron chi connectivity index (χ2n) is 8.72. The van der Waals surface area contributed by atoms with Crippen LogP contribution in [-0.4, -0.2) is 42.2 Å². The Balaban J connectivity index is 1.64. The number of hydrogen-bond acceptors (Lipinski definition) is 6. The molecule has 1 aromatic heterocycles. The molecule has 2 atom stereocenters. The normalized spacial score (nSPS) is 18.0. The quantitative estimate of drug-likeness (QED) is 0.390. The number of carbonyl (C=O) groups is 1. The summed E-state index contributed by atoms with van der Waals surface area (Å²) in [6.45, 7) is 0. The van der Waals surface area contributed by atoms with Crippen molar-refractivity contribution in [1.29, 1.82) is 0 Å². The van der Waals surface area contributed by atoms with Crippen LogP contribution in [0, 0.1) is 12.3 Å². The van der Waals surface area contributed by atoms with Gasteiger partial charge in [-0.25, -0.2) is 9.97 Å². The van der Waals surface area contributed by atoms with Crippen LogP contribution in [0.1, 0.15) is 38.5 Å². The van der Waals surface area contributed by atoms with Gasteiger partial charge in [0.25, 0.3) is 5.91 Å². The predicted octanol–water partition coefficient (Wildman–Crippen LogP) is 5.87. The summed E-state index contributed by atoms with van der Waals surface area (Å²) in [5, 5.41) is 8.00. The highest BCUT2D eigenvalue weighted by atomic mass is 35.5. The van der Waals surface area contributed by atoms with Crippen LogP contribution in [-0.2, 0) is 4.79 Å². The number of halogens is 2. The molecule has 1 heterocycles. The summed E-state index contributed by atoms with van der Waals surface area (Å²) in [4.78, 5) is 21.1.